The van der Waals surface area contributed by atoms with Crippen molar-refractivity contribution in [2.24, 2.45) is 11.8 Å². The summed E-state index contributed by atoms with van der Waals surface area (Å²) in [5.41, 5.74) is 4.92. The first-order valence-corrected chi connectivity index (χ1v) is 11.6. The summed E-state index contributed by atoms with van der Waals surface area (Å²) >= 11 is 0. The number of aromatic nitrogens is 2. The fourth-order valence-corrected chi connectivity index (χ4v) is 4.63. The summed E-state index contributed by atoms with van der Waals surface area (Å²) in [5.74, 6) is -1.54. The van der Waals surface area contributed by atoms with Gasteiger partial charge in [0.15, 0.2) is 0 Å². The molecular formula is C26H26N4O5. The molecule has 0 bridgehead atoms. The van der Waals surface area contributed by atoms with Crippen LogP contribution in [0, 0.1) is 11.8 Å². The Morgan fingerprint density at radius 2 is 1.71 bits per heavy atom. The Kier molecular flexibility index (Phi) is 6.22. The molecule has 5 rings (SSSR count). The van der Waals surface area contributed by atoms with Crippen molar-refractivity contribution in [3.63, 3.8) is 0 Å². The van der Waals surface area contributed by atoms with Crippen LogP contribution in [0.5, 0.6) is 0 Å². The Balaban J connectivity index is 1.06. The lowest BCUT2D eigenvalue weighted by Crippen LogP contribution is -2.29. The molecule has 2 aliphatic carbocycles. The molecule has 0 radical (unpaired) electrons. The van der Waals surface area contributed by atoms with Crippen molar-refractivity contribution in [3.05, 3.63) is 77.9 Å². The SMILES string of the molecule is O=C(NCCn1cnc(C(=O)NCC2CC2C(=O)O)c1)OCC1c2ccccc2-c2ccccc21. The van der Waals surface area contributed by atoms with Crippen molar-refractivity contribution in [2.75, 3.05) is 19.7 Å². The predicted octanol–water partition coefficient (Wildman–Crippen LogP) is 2.87. The van der Waals surface area contributed by atoms with Gasteiger partial charge in [-0.05, 0) is 34.6 Å². The summed E-state index contributed by atoms with van der Waals surface area (Å²) in [6, 6.07) is 16.3. The maximum absolute atomic E-state index is 12.3. The number of aliphatic carboxylic acids is 1. The number of carbonyl (C=O) groups excluding carboxylic acids is 2. The zero-order valence-electron chi connectivity index (χ0n) is 19.0. The van der Waals surface area contributed by atoms with Crippen molar-refractivity contribution < 1.29 is 24.2 Å². The second-order valence-corrected chi connectivity index (χ2v) is 8.90. The fraction of sp³-hybridized carbons (Fsp3) is 0.308. The van der Waals surface area contributed by atoms with Crippen LogP contribution in [0.2, 0.25) is 0 Å². The Labute approximate surface area is 202 Å². The van der Waals surface area contributed by atoms with Gasteiger partial charge in [-0.3, -0.25) is 9.59 Å². The Morgan fingerprint density at radius 3 is 2.37 bits per heavy atom. The highest BCUT2D eigenvalue weighted by Gasteiger charge is 2.43. The molecule has 9 heteroatoms. The minimum absolute atomic E-state index is 0.00397. The van der Waals surface area contributed by atoms with E-state index in [-0.39, 0.29) is 36.0 Å². The van der Waals surface area contributed by atoms with E-state index >= 15 is 0 Å². The van der Waals surface area contributed by atoms with Gasteiger partial charge in [-0.25, -0.2) is 9.78 Å². The maximum atomic E-state index is 12.3. The standard InChI is InChI=1S/C26H26N4O5/c31-24(28-12-16-11-21(16)25(32)33)23-13-30(15-29-23)10-9-27-26(34)35-14-22-19-7-3-1-5-17(19)18-6-2-4-8-20(18)22/h1-8,13,15-16,21-22H,9-12,14H2,(H,27,34)(H,28,31)(H,32,33). The third kappa shape index (κ3) is 4.89. The summed E-state index contributed by atoms with van der Waals surface area (Å²) in [4.78, 5) is 39.5. The van der Waals surface area contributed by atoms with E-state index in [1.807, 2.05) is 24.3 Å². The van der Waals surface area contributed by atoms with Gasteiger partial charge in [0, 0.05) is 31.7 Å². The molecule has 35 heavy (non-hydrogen) atoms. The number of carbonyl (C=O) groups is 3. The topological polar surface area (TPSA) is 123 Å². The average molecular weight is 475 g/mol. The van der Waals surface area contributed by atoms with Gasteiger partial charge in [-0.1, -0.05) is 48.5 Å². The summed E-state index contributed by atoms with van der Waals surface area (Å²) in [5, 5.41) is 14.4. The van der Waals surface area contributed by atoms with Gasteiger partial charge in [-0.15, -0.1) is 0 Å². The van der Waals surface area contributed by atoms with Crippen molar-refractivity contribution in [2.45, 2.75) is 18.9 Å². The molecule has 2 unspecified atom stereocenters. The number of carboxylic acids is 1. The number of nitrogens with one attached hydrogen (secondary N) is 2. The van der Waals surface area contributed by atoms with Crippen LogP contribution in [0.25, 0.3) is 11.1 Å². The highest BCUT2D eigenvalue weighted by molar-refractivity contribution is 5.92. The third-order valence-electron chi connectivity index (χ3n) is 6.61. The lowest BCUT2D eigenvalue weighted by Gasteiger charge is -2.14. The number of fused-ring (bicyclic) bond motifs is 3. The molecular weight excluding hydrogens is 448 g/mol. The predicted molar refractivity (Wildman–Crippen MR) is 127 cm³/mol. The molecule has 1 aromatic heterocycles. The first-order valence-electron chi connectivity index (χ1n) is 11.6. The van der Waals surface area contributed by atoms with Crippen molar-refractivity contribution >= 4 is 18.0 Å². The van der Waals surface area contributed by atoms with Gasteiger partial charge in [0.05, 0.1) is 12.2 Å². The van der Waals surface area contributed by atoms with Gasteiger partial charge in [0.1, 0.15) is 12.3 Å². The number of hydrogen-bond donors (Lipinski definition) is 3. The molecule has 1 saturated carbocycles. The van der Waals surface area contributed by atoms with Gasteiger partial charge < -0.3 is 25.0 Å². The Morgan fingerprint density at radius 1 is 1.03 bits per heavy atom. The summed E-state index contributed by atoms with van der Waals surface area (Å²) in [6.45, 7) is 1.32. The highest BCUT2D eigenvalue weighted by Crippen LogP contribution is 2.44. The fourth-order valence-electron chi connectivity index (χ4n) is 4.63. The van der Waals surface area contributed by atoms with E-state index in [4.69, 9.17) is 9.84 Å². The third-order valence-corrected chi connectivity index (χ3v) is 6.61. The zero-order valence-corrected chi connectivity index (χ0v) is 19.0. The molecule has 2 aromatic carbocycles. The number of benzene rings is 2. The van der Waals surface area contributed by atoms with E-state index in [1.54, 1.807) is 10.8 Å². The highest BCUT2D eigenvalue weighted by atomic mass is 16.5. The van der Waals surface area contributed by atoms with Crippen LogP contribution in [0.3, 0.4) is 0 Å². The Bertz CT molecular complexity index is 1220. The number of amides is 2. The number of nitrogens with zero attached hydrogens (tertiary/aromatic N) is 2. The van der Waals surface area contributed by atoms with E-state index in [0.717, 1.165) is 11.1 Å². The molecule has 3 N–H and O–H groups in total. The first-order chi connectivity index (χ1) is 17.0. The lowest BCUT2D eigenvalue weighted by atomic mass is 9.98. The second kappa shape index (κ2) is 9.61. The second-order valence-electron chi connectivity index (χ2n) is 8.90. The number of hydrogen-bond acceptors (Lipinski definition) is 5. The minimum Gasteiger partial charge on any atom is -0.481 e. The molecule has 180 valence electrons. The van der Waals surface area contributed by atoms with E-state index in [9.17, 15) is 14.4 Å². The summed E-state index contributed by atoms with van der Waals surface area (Å²) in [6.07, 6.45) is 3.20. The minimum atomic E-state index is -0.822. The van der Waals surface area contributed by atoms with Crippen LogP contribution in [-0.4, -0.2) is 52.3 Å². The molecule has 2 amide bonds. The van der Waals surface area contributed by atoms with Gasteiger partial charge in [-0.2, -0.15) is 0 Å². The van der Waals surface area contributed by atoms with Crippen LogP contribution in [0.1, 0.15) is 34.0 Å². The zero-order chi connectivity index (χ0) is 24.4. The molecule has 2 aliphatic rings. The molecule has 0 saturated heterocycles. The van der Waals surface area contributed by atoms with Gasteiger partial charge in [0.25, 0.3) is 5.91 Å². The number of imidazole rings is 1. The van der Waals surface area contributed by atoms with Crippen LogP contribution in [-0.2, 0) is 16.1 Å². The van der Waals surface area contributed by atoms with Gasteiger partial charge >= 0.3 is 12.1 Å². The maximum Gasteiger partial charge on any atom is 0.407 e. The monoisotopic (exact) mass is 474 g/mol. The van der Waals surface area contributed by atoms with Crippen LogP contribution >= 0.6 is 0 Å². The largest absolute Gasteiger partial charge is 0.481 e. The molecule has 3 aromatic rings. The number of carboxylic acid groups (broad SMARTS) is 1. The number of rotatable bonds is 9. The van der Waals surface area contributed by atoms with E-state index < -0.39 is 12.1 Å². The van der Waals surface area contributed by atoms with Crippen LogP contribution < -0.4 is 10.6 Å². The lowest BCUT2D eigenvalue weighted by molar-refractivity contribution is -0.138. The molecule has 2 atom stereocenters. The smallest absolute Gasteiger partial charge is 0.407 e. The van der Waals surface area contributed by atoms with Crippen LogP contribution in [0.15, 0.2) is 61.1 Å². The van der Waals surface area contributed by atoms with E-state index in [1.165, 1.54) is 17.5 Å². The van der Waals surface area contributed by atoms with Gasteiger partial charge in [0.2, 0.25) is 0 Å². The number of ether oxygens (including phenoxy) is 1. The average Bonchev–Trinajstić information content (AvgIpc) is 3.38. The molecule has 0 spiro atoms. The first kappa shape index (κ1) is 22.6. The van der Waals surface area contributed by atoms with Crippen LogP contribution in [0.4, 0.5) is 4.79 Å². The quantitative estimate of drug-likeness (QED) is 0.438. The number of alkyl carbamates (subject to hydrolysis) is 1. The van der Waals surface area contributed by atoms with E-state index in [0.29, 0.717) is 26.1 Å². The van der Waals surface area contributed by atoms with Crippen molar-refractivity contribution in [1.82, 2.24) is 20.2 Å². The Hall–Kier alpha value is -4.14. The molecule has 9 nitrogen and oxygen atoms in total. The molecule has 1 fully saturated rings. The van der Waals surface area contributed by atoms with Crippen molar-refractivity contribution in [3.8, 4) is 11.1 Å². The molecule has 0 aliphatic heterocycles. The van der Waals surface area contributed by atoms with E-state index in [2.05, 4.69) is 39.9 Å². The summed E-state index contributed by atoms with van der Waals surface area (Å²) in [7, 11) is 0. The van der Waals surface area contributed by atoms with Crippen molar-refractivity contribution in [1.29, 1.82) is 0 Å². The normalized spacial score (nSPS) is 17.8. The molecule has 1 heterocycles. The summed E-state index contributed by atoms with van der Waals surface area (Å²) < 4.78 is 7.23.